The molecule has 2 N–H and O–H groups in total. The van der Waals surface area contributed by atoms with Crippen molar-refractivity contribution in [1.29, 1.82) is 0 Å². The van der Waals surface area contributed by atoms with E-state index in [0.717, 1.165) is 17.3 Å². The van der Waals surface area contributed by atoms with Crippen LogP contribution < -0.4 is 5.32 Å². The van der Waals surface area contributed by atoms with Crippen LogP contribution in [0.2, 0.25) is 10.0 Å². The first kappa shape index (κ1) is 17.1. The van der Waals surface area contributed by atoms with Crippen LogP contribution in [0.1, 0.15) is 12.5 Å². The van der Waals surface area contributed by atoms with E-state index in [2.05, 4.69) is 5.32 Å². The Morgan fingerprint density at radius 1 is 1.30 bits per heavy atom. The average molecular weight is 336 g/mol. The summed E-state index contributed by atoms with van der Waals surface area (Å²) >= 11 is 13.2. The van der Waals surface area contributed by atoms with Gasteiger partial charge in [0, 0.05) is 16.1 Å². The minimum Gasteiger partial charge on any atom is -0.481 e. The number of rotatable bonds is 7. The molecule has 4 nitrogen and oxygen atoms in total. The fraction of sp³-hybridized carbons (Fsp3) is 0.385. The smallest absolute Gasteiger partial charge is 0.313 e. The summed E-state index contributed by atoms with van der Waals surface area (Å²) < 4.78 is 0. The Morgan fingerprint density at radius 3 is 2.45 bits per heavy atom. The second-order valence-electron chi connectivity index (χ2n) is 4.26. The lowest BCUT2D eigenvalue weighted by Crippen LogP contribution is -2.35. The van der Waals surface area contributed by atoms with Crippen LogP contribution in [-0.4, -0.2) is 34.5 Å². The number of hydrogen-bond donors (Lipinski definition) is 2. The van der Waals surface area contributed by atoms with Crippen molar-refractivity contribution in [2.75, 3.05) is 11.5 Å². The maximum Gasteiger partial charge on any atom is 0.313 e. The molecule has 0 spiro atoms. The number of nitrogens with one attached hydrogen (secondary N) is 1. The normalized spacial score (nSPS) is 11.9. The molecule has 0 fully saturated rings. The molecule has 1 aromatic rings. The zero-order chi connectivity index (χ0) is 15.1. The van der Waals surface area contributed by atoms with Gasteiger partial charge in [0.15, 0.2) is 0 Å². The van der Waals surface area contributed by atoms with Gasteiger partial charge in [-0.25, -0.2) is 0 Å². The molecule has 1 aromatic carbocycles. The number of carboxylic acids is 1. The first-order chi connectivity index (χ1) is 9.40. The van der Waals surface area contributed by atoms with Crippen molar-refractivity contribution in [2.45, 2.75) is 19.4 Å². The molecule has 20 heavy (non-hydrogen) atoms. The van der Waals surface area contributed by atoms with Gasteiger partial charge in [-0.05, 0) is 31.0 Å². The first-order valence-electron chi connectivity index (χ1n) is 5.92. The number of hydrogen-bond acceptors (Lipinski definition) is 3. The Balaban J connectivity index is 2.45. The molecule has 0 aromatic heterocycles. The number of amides is 1. The molecule has 110 valence electrons. The molecule has 1 unspecified atom stereocenters. The number of carbonyl (C=O) groups is 2. The minimum atomic E-state index is -0.932. The summed E-state index contributed by atoms with van der Waals surface area (Å²) in [5.74, 6) is -1.10. The van der Waals surface area contributed by atoms with Gasteiger partial charge in [-0.1, -0.05) is 29.3 Å². The van der Waals surface area contributed by atoms with Crippen molar-refractivity contribution in [3.05, 3.63) is 33.8 Å². The van der Waals surface area contributed by atoms with Crippen LogP contribution in [0.4, 0.5) is 0 Å². The molecule has 1 rings (SSSR count). The Kier molecular flexibility index (Phi) is 7.19. The SMILES string of the molecule is CC(Cc1c(Cl)cccc1Cl)NC(=O)CSCC(=O)O. The molecule has 0 heterocycles. The van der Waals surface area contributed by atoms with E-state index < -0.39 is 5.97 Å². The minimum absolute atomic E-state index is 0.0852. The van der Waals surface area contributed by atoms with E-state index in [4.69, 9.17) is 28.3 Å². The third-order valence-electron chi connectivity index (χ3n) is 2.44. The maximum absolute atomic E-state index is 11.6. The van der Waals surface area contributed by atoms with E-state index >= 15 is 0 Å². The number of aliphatic carboxylic acids is 1. The summed E-state index contributed by atoms with van der Waals surface area (Å²) in [5, 5.41) is 12.4. The van der Waals surface area contributed by atoms with Crippen LogP contribution in [0.3, 0.4) is 0 Å². The van der Waals surface area contributed by atoms with E-state index in [1.165, 1.54) is 0 Å². The van der Waals surface area contributed by atoms with Gasteiger partial charge in [0.25, 0.3) is 0 Å². The van der Waals surface area contributed by atoms with Crippen LogP contribution in [0, 0.1) is 0 Å². The monoisotopic (exact) mass is 335 g/mol. The summed E-state index contributed by atoms with van der Waals surface area (Å²) in [6, 6.07) is 5.13. The lowest BCUT2D eigenvalue weighted by Gasteiger charge is -2.15. The van der Waals surface area contributed by atoms with Crippen LogP contribution >= 0.6 is 35.0 Å². The molecule has 0 radical (unpaired) electrons. The molecular formula is C13H15Cl2NO3S. The third kappa shape index (κ3) is 6.03. The highest BCUT2D eigenvalue weighted by molar-refractivity contribution is 8.00. The lowest BCUT2D eigenvalue weighted by atomic mass is 10.1. The van der Waals surface area contributed by atoms with E-state index in [1.807, 2.05) is 6.92 Å². The predicted octanol–water partition coefficient (Wildman–Crippen LogP) is 2.86. The van der Waals surface area contributed by atoms with Crippen LogP contribution in [0.5, 0.6) is 0 Å². The summed E-state index contributed by atoms with van der Waals surface area (Å²) in [6.45, 7) is 1.85. The summed E-state index contributed by atoms with van der Waals surface area (Å²) in [5.41, 5.74) is 0.793. The van der Waals surface area contributed by atoms with Crippen LogP contribution in [-0.2, 0) is 16.0 Å². The molecule has 0 saturated carbocycles. The molecule has 0 saturated heterocycles. The fourth-order valence-corrected chi connectivity index (χ4v) is 2.73. The first-order valence-corrected chi connectivity index (χ1v) is 7.83. The second-order valence-corrected chi connectivity index (χ2v) is 6.06. The van der Waals surface area contributed by atoms with E-state index in [-0.39, 0.29) is 23.5 Å². The van der Waals surface area contributed by atoms with Crippen LogP contribution in [0.15, 0.2) is 18.2 Å². The zero-order valence-electron chi connectivity index (χ0n) is 10.9. The number of benzene rings is 1. The van der Waals surface area contributed by atoms with Gasteiger partial charge in [0.05, 0.1) is 11.5 Å². The van der Waals surface area contributed by atoms with Crippen molar-refractivity contribution in [3.8, 4) is 0 Å². The van der Waals surface area contributed by atoms with Gasteiger partial charge in [-0.15, -0.1) is 11.8 Å². The molecule has 1 atom stereocenters. The highest BCUT2D eigenvalue weighted by Crippen LogP contribution is 2.25. The topological polar surface area (TPSA) is 66.4 Å². The molecule has 0 bridgehead atoms. The molecule has 0 aliphatic rings. The Labute approximate surface area is 131 Å². The van der Waals surface area contributed by atoms with Gasteiger partial charge >= 0.3 is 5.97 Å². The zero-order valence-corrected chi connectivity index (χ0v) is 13.2. The summed E-state index contributed by atoms with van der Waals surface area (Å²) in [4.78, 5) is 21.9. The number of halogens is 2. The highest BCUT2D eigenvalue weighted by Gasteiger charge is 2.13. The standard InChI is InChI=1S/C13H15Cl2NO3S/c1-8(16-12(17)6-20-7-13(18)19)5-9-10(14)3-2-4-11(9)15/h2-4,8H,5-7H2,1H3,(H,16,17)(H,18,19). The predicted molar refractivity (Wildman–Crippen MR) is 82.7 cm³/mol. The van der Waals surface area contributed by atoms with Crippen molar-refractivity contribution in [2.24, 2.45) is 0 Å². The average Bonchev–Trinajstić information content (AvgIpc) is 2.33. The largest absolute Gasteiger partial charge is 0.481 e. The molecule has 7 heteroatoms. The van der Waals surface area contributed by atoms with Gasteiger partial charge in [0.2, 0.25) is 5.91 Å². The fourth-order valence-electron chi connectivity index (χ4n) is 1.63. The molecular weight excluding hydrogens is 321 g/mol. The van der Waals surface area contributed by atoms with E-state index in [0.29, 0.717) is 16.5 Å². The van der Waals surface area contributed by atoms with Crippen molar-refractivity contribution in [3.63, 3.8) is 0 Å². The van der Waals surface area contributed by atoms with Crippen molar-refractivity contribution < 1.29 is 14.7 Å². The van der Waals surface area contributed by atoms with E-state index in [9.17, 15) is 9.59 Å². The van der Waals surface area contributed by atoms with Crippen molar-refractivity contribution >= 4 is 46.8 Å². The van der Waals surface area contributed by atoms with E-state index in [1.54, 1.807) is 18.2 Å². The molecule has 0 aliphatic carbocycles. The van der Waals surface area contributed by atoms with Gasteiger partial charge < -0.3 is 10.4 Å². The number of carboxylic acid groups (broad SMARTS) is 1. The number of thioether (sulfide) groups is 1. The summed E-state index contributed by atoms with van der Waals surface area (Å²) in [7, 11) is 0. The molecule has 0 aliphatic heterocycles. The third-order valence-corrected chi connectivity index (χ3v) is 4.06. The lowest BCUT2D eigenvalue weighted by molar-refractivity contribution is -0.133. The second kappa shape index (κ2) is 8.39. The molecule has 1 amide bonds. The van der Waals surface area contributed by atoms with Crippen molar-refractivity contribution in [1.82, 2.24) is 5.32 Å². The highest BCUT2D eigenvalue weighted by atomic mass is 35.5. The van der Waals surface area contributed by atoms with Crippen LogP contribution in [0.25, 0.3) is 0 Å². The van der Waals surface area contributed by atoms with Gasteiger partial charge in [-0.3, -0.25) is 9.59 Å². The number of carbonyl (C=O) groups excluding carboxylic acids is 1. The Bertz CT molecular complexity index is 476. The quantitative estimate of drug-likeness (QED) is 0.804. The van der Waals surface area contributed by atoms with Gasteiger partial charge in [-0.2, -0.15) is 0 Å². The van der Waals surface area contributed by atoms with Gasteiger partial charge in [0.1, 0.15) is 0 Å². The maximum atomic E-state index is 11.6. The Hall–Kier alpha value is -0.910. The Morgan fingerprint density at radius 2 is 1.90 bits per heavy atom. The summed E-state index contributed by atoms with van der Waals surface area (Å²) in [6.07, 6.45) is 0.522.